The monoisotopic (exact) mass is 603 g/mol. The highest BCUT2D eigenvalue weighted by atomic mass is 32.2. The molecule has 0 aliphatic carbocycles. The standard InChI is InChI=1S/C29H37N3O9S/c1-7-9-18-15-42-25-21(24(35)32(25)22(18)26(36)40-28(38)39-14-16(3)8-2)30-23(34)20(17-10-12-19(33)13-11-17)31-27(37)41-29(4,5)6/h7,9-13,16,20-21,25,33H,8,14-15H2,1-6H3,(H,30,34)(H,31,37)/b9-7+/t16?,20-,21-,25?/m1/s1. The van der Waals surface area contributed by atoms with E-state index >= 15 is 0 Å². The molecular formula is C29H37N3O9S. The van der Waals surface area contributed by atoms with E-state index in [9.17, 15) is 29.1 Å². The summed E-state index contributed by atoms with van der Waals surface area (Å²) in [6.07, 6.45) is 2.10. The van der Waals surface area contributed by atoms with Crippen LogP contribution in [0.3, 0.4) is 0 Å². The van der Waals surface area contributed by atoms with Gasteiger partial charge in [0.1, 0.15) is 34.5 Å². The van der Waals surface area contributed by atoms with Gasteiger partial charge in [-0.15, -0.1) is 11.8 Å². The van der Waals surface area contributed by atoms with Crippen LogP contribution >= 0.6 is 11.8 Å². The largest absolute Gasteiger partial charge is 0.516 e. The molecule has 3 amide bonds. The Hall–Kier alpha value is -4.00. The molecule has 0 spiro atoms. The van der Waals surface area contributed by atoms with Crippen LogP contribution < -0.4 is 10.6 Å². The molecule has 0 aromatic heterocycles. The Morgan fingerprint density at radius 1 is 1.19 bits per heavy atom. The van der Waals surface area contributed by atoms with Gasteiger partial charge in [-0.25, -0.2) is 14.4 Å². The highest BCUT2D eigenvalue weighted by Gasteiger charge is 2.55. The van der Waals surface area contributed by atoms with Gasteiger partial charge in [0, 0.05) is 5.75 Å². The van der Waals surface area contributed by atoms with Gasteiger partial charge in [-0.2, -0.15) is 0 Å². The van der Waals surface area contributed by atoms with Crippen molar-refractivity contribution in [1.29, 1.82) is 0 Å². The fourth-order valence-electron chi connectivity index (χ4n) is 4.07. The fourth-order valence-corrected chi connectivity index (χ4v) is 5.39. The molecule has 1 aromatic rings. The first-order valence-electron chi connectivity index (χ1n) is 13.5. The lowest BCUT2D eigenvalue weighted by atomic mass is 10.0. The Kier molecular flexibility index (Phi) is 10.7. The van der Waals surface area contributed by atoms with Crippen molar-refractivity contribution in [3.63, 3.8) is 0 Å². The van der Waals surface area contributed by atoms with Gasteiger partial charge in [-0.05, 0) is 56.9 Å². The Balaban J connectivity index is 1.78. The first-order chi connectivity index (χ1) is 19.7. The third-order valence-electron chi connectivity index (χ3n) is 6.37. The van der Waals surface area contributed by atoms with E-state index in [1.807, 2.05) is 13.8 Å². The van der Waals surface area contributed by atoms with Gasteiger partial charge in [0.05, 0.1) is 6.61 Å². The lowest BCUT2D eigenvalue weighted by molar-refractivity contribution is -0.151. The van der Waals surface area contributed by atoms with E-state index in [0.29, 0.717) is 16.9 Å². The zero-order valence-electron chi connectivity index (χ0n) is 24.5. The maximum absolute atomic E-state index is 13.4. The molecule has 2 unspecified atom stereocenters. The molecule has 42 heavy (non-hydrogen) atoms. The van der Waals surface area contributed by atoms with Gasteiger partial charge in [-0.1, -0.05) is 44.6 Å². The van der Waals surface area contributed by atoms with Crippen molar-refractivity contribution < 1.29 is 43.3 Å². The molecule has 13 heteroatoms. The number of carbonyl (C=O) groups is 5. The first kappa shape index (κ1) is 32.5. The van der Waals surface area contributed by atoms with Gasteiger partial charge in [0.25, 0.3) is 5.91 Å². The summed E-state index contributed by atoms with van der Waals surface area (Å²) in [6, 6.07) is 3.35. The smallest absolute Gasteiger partial charge is 0.508 e. The maximum atomic E-state index is 13.4. The van der Waals surface area contributed by atoms with Gasteiger partial charge in [-0.3, -0.25) is 14.5 Å². The SMILES string of the molecule is C/C=C/C1=C(C(=O)OC(=O)OCC(C)CC)N2C(=O)[C@@H](NC(=O)[C@H](NC(=O)OC(C)(C)C)c3ccc(O)cc3)C2SC1. The Morgan fingerprint density at radius 3 is 2.45 bits per heavy atom. The number of aromatic hydroxyl groups is 1. The molecule has 1 aromatic carbocycles. The number of phenolic OH excluding ortho intramolecular Hbond substituents is 1. The van der Waals surface area contributed by atoms with Crippen LogP contribution in [0.5, 0.6) is 5.75 Å². The van der Waals surface area contributed by atoms with Gasteiger partial charge >= 0.3 is 18.2 Å². The third kappa shape index (κ3) is 8.05. The molecule has 0 saturated carbocycles. The van der Waals surface area contributed by atoms with E-state index in [0.717, 1.165) is 6.42 Å². The molecule has 228 valence electrons. The summed E-state index contributed by atoms with van der Waals surface area (Å²) in [5.74, 6) is -1.98. The first-order valence-corrected chi connectivity index (χ1v) is 14.6. The summed E-state index contributed by atoms with van der Waals surface area (Å²) in [4.78, 5) is 65.7. The predicted molar refractivity (Wildman–Crippen MR) is 154 cm³/mol. The minimum Gasteiger partial charge on any atom is -0.508 e. The van der Waals surface area contributed by atoms with E-state index in [1.165, 1.54) is 40.9 Å². The summed E-state index contributed by atoms with van der Waals surface area (Å²) in [7, 11) is 0. The second-order valence-corrected chi connectivity index (χ2v) is 12.0. The number of nitrogens with zero attached hydrogens (tertiary/aromatic N) is 1. The van der Waals surface area contributed by atoms with Crippen molar-refractivity contribution >= 4 is 41.8 Å². The van der Waals surface area contributed by atoms with Crippen molar-refractivity contribution in [2.24, 2.45) is 5.92 Å². The second kappa shape index (κ2) is 13.8. The number of hydrogen-bond acceptors (Lipinski definition) is 10. The molecule has 1 fully saturated rings. The second-order valence-electron chi connectivity index (χ2n) is 10.9. The zero-order valence-corrected chi connectivity index (χ0v) is 25.3. The molecule has 12 nitrogen and oxygen atoms in total. The number of benzene rings is 1. The normalized spacial score (nSPS) is 19.8. The summed E-state index contributed by atoms with van der Waals surface area (Å²) in [5.41, 5.74) is -0.113. The molecule has 1 saturated heterocycles. The number of fused-ring (bicyclic) bond motifs is 1. The number of esters is 1. The van der Waals surface area contributed by atoms with Crippen molar-refractivity contribution in [2.45, 2.75) is 71.0 Å². The van der Waals surface area contributed by atoms with Crippen LogP contribution in [0.15, 0.2) is 47.7 Å². The molecule has 2 aliphatic heterocycles. The summed E-state index contributed by atoms with van der Waals surface area (Å²) < 4.78 is 15.2. The molecule has 4 atom stereocenters. The quantitative estimate of drug-likeness (QED) is 0.214. The van der Waals surface area contributed by atoms with Crippen LogP contribution in [-0.2, 0) is 28.6 Å². The maximum Gasteiger partial charge on any atom is 0.516 e. The molecule has 0 bridgehead atoms. The van der Waals surface area contributed by atoms with Crippen molar-refractivity contribution in [3.8, 4) is 5.75 Å². The summed E-state index contributed by atoms with van der Waals surface area (Å²) in [6.45, 7) is 10.7. The molecule has 0 radical (unpaired) electrons. The number of β-lactam (4-membered cyclic amide) rings is 1. The van der Waals surface area contributed by atoms with E-state index < -0.39 is 53.1 Å². The number of rotatable bonds is 9. The summed E-state index contributed by atoms with van der Waals surface area (Å²) >= 11 is 1.32. The Bertz CT molecular complexity index is 1270. The minimum absolute atomic E-state index is 0.0366. The molecule has 2 heterocycles. The number of phenols is 1. The van der Waals surface area contributed by atoms with Crippen LogP contribution in [-0.4, -0.2) is 69.4 Å². The van der Waals surface area contributed by atoms with Crippen molar-refractivity contribution in [3.05, 3.63) is 53.3 Å². The number of amides is 3. The molecule has 3 N–H and O–H groups in total. The van der Waals surface area contributed by atoms with Crippen LogP contribution in [0.1, 0.15) is 59.6 Å². The topological polar surface area (TPSA) is 161 Å². The average Bonchev–Trinajstić information content (AvgIpc) is 2.92. The molecule has 3 rings (SSSR count). The van der Waals surface area contributed by atoms with E-state index in [2.05, 4.69) is 10.6 Å². The van der Waals surface area contributed by atoms with E-state index in [-0.39, 0.29) is 24.0 Å². The third-order valence-corrected chi connectivity index (χ3v) is 7.67. The average molecular weight is 604 g/mol. The highest BCUT2D eigenvalue weighted by molar-refractivity contribution is 8.00. The number of thioether (sulfide) groups is 1. The summed E-state index contributed by atoms with van der Waals surface area (Å²) in [5, 5.41) is 14.2. The number of hydrogen-bond donors (Lipinski definition) is 3. The lowest BCUT2D eigenvalue weighted by Crippen LogP contribution is -2.71. The van der Waals surface area contributed by atoms with Gasteiger partial charge in [0.15, 0.2) is 0 Å². The Morgan fingerprint density at radius 2 is 1.86 bits per heavy atom. The van der Waals surface area contributed by atoms with Gasteiger partial charge < -0.3 is 30.0 Å². The molecular weight excluding hydrogens is 566 g/mol. The Labute approximate surface area is 248 Å². The highest BCUT2D eigenvalue weighted by Crippen LogP contribution is 2.41. The van der Waals surface area contributed by atoms with Crippen molar-refractivity contribution in [2.75, 3.05) is 12.4 Å². The number of nitrogens with one attached hydrogen (secondary N) is 2. The van der Waals surface area contributed by atoms with Crippen LogP contribution in [0, 0.1) is 5.92 Å². The van der Waals surface area contributed by atoms with E-state index in [4.69, 9.17) is 14.2 Å². The van der Waals surface area contributed by atoms with Crippen LogP contribution in [0.2, 0.25) is 0 Å². The number of alkyl carbamates (subject to hydrolysis) is 1. The minimum atomic E-state index is -1.25. The van der Waals surface area contributed by atoms with Crippen LogP contribution in [0.25, 0.3) is 0 Å². The lowest BCUT2D eigenvalue weighted by Gasteiger charge is -2.49. The molecule has 2 aliphatic rings. The van der Waals surface area contributed by atoms with Crippen molar-refractivity contribution in [1.82, 2.24) is 15.5 Å². The van der Waals surface area contributed by atoms with Crippen LogP contribution in [0.4, 0.5) is 9.59 Å². The predicted octanol–water partition coefficient (Wildman–Crippen LogP) is 3.91. The number of ether oxygens (including phenoxy) is 3. The van der Waals surface area contributed by atoms with E-state index in [1.54, 1.807) is 39.8 Å². The number of allylic oxidation sites excluding steroid dienone is 2. The van der Waals surface area contributed by atoms with Gasteiger partial charge in [0.2, 0.25) is 5.91 Å². The fraction of sp³-hybridized carbons (Fsp3) is 0.483. The number of carbonyl (C=O) groups excluding carboxylic acids is 5. The zero-order chi connectivity index (χ0) is 31.2.